The minimum absolute atomic E-state index is 0.0542. The number of nitrogens with one attached hydrogen (secondary N) is 1. The molecule has 1 aliphatic carbocycles. The summed E-state index contributed by atoms with van der Waals surface area (Å²) in [6.07, 6.45) is 8.53. The molecule has 0 bridgehead atoms. The van der Waals surface area contributed by atoms with Crippen molar-refractivity contribution in [2.24, 2.45) is 5.92 Å². The number of amides is 2. The molecular formula is C24H31Cl2N5O. The van der Waals surface area contributed by atoms with Gasteiger partial charge < -0.3 is 20.9 Å². The first-order valence-electron chi connectivity index (χ1n) is 11.2. The molecule has 4 rings (SSSR count). The maximum absolute atomic E-state index is 13.1. The zero-order valence-electron chi connectivity index (χ0n) is 18.7. The second kappa shape index (κ2) is 9.86. The van der Waals surface area contributed by atoms with Gasteiger partial charge in [-0.15, -0.1) is 0 Å². The van der Waals surface area contributed by atoms with Crippen molar-refractivity contribution < 1.29 is 4.79 Å². The number of nitrogens with two attached hydrogens (primary N) is 1. The lowest BCUT2D eigenvalue weighted by Crippen LogP contribution is -2.48. The van der Waals surface area contributed by atoms with Gasteiger partial charge in [0, 0.05) is 36.6 Å². The summed E-state index contributed by atoms with van der Waals surface area (Å²) in [6.45, 7) is 2.02. The molecule has 3 N–H and O–H groups in total. The summed E-state index contributed by atoms with van der Waals surface area (Å²) >= 11 is 13.4. The fourth-order valence-electron chi connectivity index (χ4n) is 4.41. The molecule has 172 valence electrons. The first-order chi connectivity index (χ1) is 15.3. The number of halogens is 2. The van der Waals surface area contributed by atoms with Crippen LogP contribution in [0.1, 0.15) is 43.7 Å². The molecule has 8 heteroatoms. The van der Waals surface area contributed by atoms with Crippen molar-refractivity contribution in [2.45, 2.75) is 44.2 Å². The van der Waals surface area contributed by atoms with Gasteiger partial charge >= 0.3 is 6.03 Å². The molecule has 1 aliphatic heterocycles. The average molecular weight is 476 g/mol. The van der Waals surface area contributed by atoms with Gasteiger partial charge in [-0.1, -0.05) is 48.2 Å². The molecule has 0 spiro atoms. The highest BCUT2D eigenvalue weighted by Crippen LogP contribution is 2.43. The number of pyridine rings is 1. The second-order valence-corrected chi connectivity index (χ2v) is 9.92. The smallest absolute Gasteiger partial charge is 0.317 e. The monoisotopic (exact) mass is 475 g/mol. The van der Waals surface area contributed by atoms with E-state index >= 15 is 0 Å². The molecule has 2 fully saturated rings. The van der Waals surface area contributed by atoms with E-state index in [-0.39, 0.29) is 18.1 Å². The lowest BCUT2D eigenvalue weighted by molar-refractivity contribution is 0.145. The highest BCUT2D eigenvalue weighted by atomic mass is 35.5. The third-order valence-corrected chi connectivity index (χ3v) is 7.57. The van der Waals surface area contributed by atoms with E-state index in [0.717, 1.165) is 49.0 Å². The zero-order valence-corrected chi connectivity index (χ0v) is 20.2. The Morgan fingerprint density at radius 2 is 1.94 bits per heavy atom. The standard InChI is InChI=1S/C24H31Cl2N5O/c1-30-9-7-18(8-10-30)31(2)24(32)29-21(11-15-3-4-15)20-6-5-19(22(25)23(20)26)16-12-17(27)14-28-13-16/h5-6,12-15,18,21H,3-4,7-11,27H2,1-2H3,(H,29,32). The minimum atomic E-state index is -0.179. The topological polar surface area (TPSA) is 74.5 Å². The highest BCUT2D eigenvalue weighted by molar-refractivity contribution is 6.44. The van der Waals surface area contributed by atoms with Crippen molar-refractivity contribution in [1.29, 1.82) is 0 Å². The van der Waals surface area contributed by atoms with E-state index in [2.05, 4.69) is 22.2 Å². The number of carbonyl (C=O) groups excluding carboxylic acids is 1. The molecule has 2 amide bonds. The maximum Gasteiger partial charge on any atom is 0.317 e. The lowest BCUT2D eigenvalue weighted by Gasteiger charge is -2.36. The highest BCUT2D eigenvalue weighted by Gasteiger charge is 2.31. The quantitative estimate of drug-likeness (QED) is 0.600. The molecule has 0 radical (unpaired) electrons. The van der Waals surface area contributed by atoms with Crippen LogP contribution in [-0.4, -0.2) is 54.0 Å². The molecule has 6 nitrogen and oxygen atoms in total. The number of aromatic nitrogens is 1. The number of piperidine rings is 1. The average Bonchev–Trinajstić information content (AvgIpc) is 3.59. The minimum Gasteiger partial charge on any atom is -0.397 e. The van der Waals surface area contributed by atoms with Crippen LogP contribution in [0.3, 0.4) is 0 Å². The second-order valence-electron chi connectivity index (χ2n) is 9.16. The van der Waals surface area contributed by atoms with Gasteiger partial charge in [0.1, 0.15) is 0 Å². The summed E-state index contributed by atoms with van der Waals surface area (Å²) < 4.78 is 0. The Morgan fingerprint density at radius 3 is 2.59 bits per heavy atom. The number of rotatable bonds is 6. The van der Waals surface area contributed by atoms with Crippen LogP contribution >= 0.6 is 23.2 Å². The first-order valence-corrected chi connectivity index (χ1v) is 12.0. The van der Waals surface area contributed by atoms with Gasteiger partial charge in [0.15, 0.2) is 0 Å². The van der Waals surface area contributed by atoms with Crippen LogP contribution < -0.4 is 11.1 Å². The van der Waals surface area contributed by atoms with Crippen LogP contribution in [-0.2, 0) is 0 Å². The van der Waals surface area contributed by atoms with E-state index in [1.54, 1.807) is 12.4 Å². The molecule has 1 saturated heterocycles. The maximum atomic E-state index is 13.1. The van der Waals surface area contributed by atoms with Crippen molar-refractivity contribution in [2.75, 3.05) is 32.9 Å². The van der Waals surface area contributed by atoms with Crippen molar-refractivity contribution >= 4 is 34.9 Å². The van der Waals surface area contributed by atoms with E-state index in [1.165, 1.54) is 12.8 Å². The third-order valence-electron chi connectivity index (χ3n) is 6.68. The number of hydrogen-bond acceptors (Lipinski definition) is 4. The number of anilines is 1. The number of nitrogens with zero attached hydrogens (tertiary/aromatic N) is 3. The third kappa shape index (κ3) is 5.30. The van der Waals surface area contributed by atoms with Gasteiger partial charge in [0.2, 0.25) is 0 Å². The van der Waals surface area contributed by atoms with E-state index in [4.69, 9.17) is 28.9 Å². The summed E-state index contributed by atoms with van der Waals surface area (Å²) in [5.74, 6) is 0.613. The fraction of sp³-hybridized carbons (Fsp3) is 0.500. The number of benzene rings is 1. The summed E-state index contributed by atoms with van der Waals surface area (Å²) in [6, 6.07) is 5.75. The largest absolute Gasteiger partial charge is 0.397 e. The molecule has 1 aromatic heterocycles. The Kier molecular flexibility index (Phi) is 7.13. The SMILES string of the molecule is CN1CCC(N(C)C(=O)NC(CC2CC2)c2ccc(-c3cncc(N)c3)c(Cl)c2Cl)CC1. The van der Waals surface area contributed by atoms with E-state index < -0.39 is 0 Å². The molecule has 1 saturated carbocycles. The van der Waals surface area contributed by atoms with Gasteiger partial charge in [0.25, 0.3) is 0 Å². The lowest BCUT2D eigenvalue weighted by atomic mass is 9.97. The van der Waals surface area contributed by atoms with E-state index in [0.29, 0.717) is 21.7 Å². The van der Waals surface area contributed by atoms with Gasteiger partial charge in [-0.2, -0.15) is 0 Å². The van der Waals surface area contributed by atoms with Crippen LogP contribution in [0, 0.1) is 5.92 Å². The van der Waals surface area contributed by atoms with Crippen molar-refractivity contribution in [1.82, 2.24) is 20.1 Å². The van der Waals surface area contributed by atoms with Gasteiger partial charge in [0.05, 0.1) is 21.8 Å². The normalized spacial score (nSPS) is 18.4. The Labute approximate surface area is 200 Å². The van der Waals surface area contributed by atoms with Crippen LogP contribution in [0.2, 0.25) is 10.0 Å². The van der Waals surface area contributed by atoms with Gasteiger partial charge in [-0.3, -0.25) is 4.98 Å². The first kappa shape index (κ1) is 23.1. The number of nitrogen functional groups attached to an aromatic ring is 1. The Balaban J connectivity index is 1.55. The predicted octanol–water partition coefficient (Wildman–Crippen LogP) is 5.21. The Bertz CT molecular complexity index is 973. The molecule has 2 heterocycles. The summed E-state index contributed by atoms with van der Waals surface area (Å²) in [5.41, 5.74) is 8.89. The number of carbonyl (C=O) groups is 1. The summed E-state index contributed by atoms with van der Waals surface area (Å²) in [7, 11) is 4.02. The molecule has 1 aromatic carbocycles. The predicted molar refractivity (Wildman–Crippen MR) is 131 cm³/mol. The van der Waals surface area contributed by atoms with E-state index in [1.807, 2.05) is 30.1 Å². The van der Waals surface area contributed by atoms with Crippen LogP contribution in [0.5, 0.6) is 0 Å². The van der Waals surface area contributed by atoms with Crippen molar-refractivity contribution in [3.8, 4) is 11.1 Å². The van der Waals surface area contributed by atoms with Gasteiger partial charge in [-0.25, -0.2) is 4.79 Å². The summed E-state index contributed by atoms with van der Waals surface area (Å²) in [4.78, 5) is 21.4. The summed E-state index contributed by atoms with van der Waals surface area (Å²) in [5, 5.41) is 4.17. The molecule has 1 unspecified atom stereocenters. The van der Waals surface area contributed by atoms with Crippen LogP contribution in [0.25, 0.3) is 11.1 Å². The molecule has 1 atom stereocenters. The van der Waals surface area contributed by atoms with Crippen molar-refractivity contribution in [3.63, 3.8) is 0 Å². The van der Waals surface area contributed by atoms with Crippen LogP contribution in [0.15, 0.2) is 30.6 Å². The fourth-order valence-corrected chi connectivity index (χ4v) is 4.99. The Hall–Kier alpha value is -2.02. The van der Waals surface area contributed by atoms with E-state index in [9.17, 15) is 4.79 Å². The number of likely N-dealkylation sites (tertiary alicyclic amines) is 1. The van der Waals surface area contributed by atoms with Crippen LogP contribution in [0.4, 0.5) is 10.5 Å². The molecule has 32 heavy (non-hydrogen) atoms. The molecule has 2 aliphatic rings. The zero-order chi connectivity index (χ0) is 22.8. The van der Waals surface area contributed by atoms with Crippen molar-refractivity contribution in [3.05, 3.63) is 46.2 Å². The number of hydrogen-bond donors (Lipinski definition) is 2. The molecular weight excluding hydrogens is 445 g/mol. The molecule has 2 aromatic rings. The van der Waals surface area contributed by atoms with Gasteiger partial charge in [-0.05, 0) is 56.9 Å². The Morgan fingerprint density at radius 1 is 1.22 bits per heavy atom. The number of urea groups is 1.